The third-order valence-electron chi connectivity index (χ3n) is 5.86. The molecule has 0 radical (unpaired) electrons. The van der Waals surface area contributed by atoms with Gasteiger partial charge in [0.25, 0.3) is 0 Å². The summed E-state index contributed by atoms with van der Waals surface area (Å²) in [7, 11) is -3.14. The number of Topliss-reactive ketones (excluding diaryl/α,β-unsaturated/α-hetero) is 1. The summed E-state index contributed by atoms with van der Waals surface area (Å²) >= 11 is 0. The molecule has 3 aromatic rings. The minimum absolute atomic E-state index is 0.0102. The number of imidazole rings is 1. The first-order chi connectivity index (χ1) is 16.6. The average Bonchev–Trinajstić information content (AvgIpc) is 3.02. The molecule has 1 saturated heterocycles. The highest BCUT2D eigenvalue weighted by atomic mass is 32.2. The van der Waals surface area contributed by atoms with Gasteiger partial charge in [0.15, 0.2) is 21.3 Å². The second-order valence-corrected chi connectivity index (χ2v) is 11.6. The second-order valence-electron chi connectivity index (χ2n) is 9.55. The molecule has 0 saturated carbocycles. The maximum atomic E-state index is 13.4. The molecule has 0 bridgehead atoms. The van der Waals surface area contributed by atoms with Crippen LogP contribution >= 0.6 is 0 Å². The fraction of sp³-hybridized carbons (Fsp3) is 0.435. The number of halogens is 4. The number of nitrogens with zero attached hydrogens (tertiary/aromatic N) is 3. The van der Waals surface area contributed by atoms with Gasteiger partial charge in [0.05, 0.1) is 22.7 Å². The van der Waals surface area contributed by atoms with Crippen molar-refractivity contribution in [3.63, 3.8) is 0 Å². The first-order valence-electron chi connectivity index (χ1n) is 10.9. The van der Waals surface area contributed by atoms with E-state index in [9.17, 15) is 35.6 Å². The van der Waals surface area contributed by atoms with Crippen LogP contribution in [-0.4, -0.2) is 52.4 Å². The number of carbonyl (C=O) groups is 1. The van der Waals surface area contributed by atoms with Gasteiger partial charge in [-0.3, -0.25) is 9.36 Å². The zero-order valence-corrected chi connectivity index (χ0v) is 20.4. The van der Waals surface area contributed by atoms with E-state index in [2.05, 4.69) is 9.72 Å². The average molecular weight is 530 g/mol. The lowest BCUT2D eigenvalue weighted by molar-refractivity contribution is -0.253. The van der Waals surface area contributed by atoms with Crippen molar-refractivity contribution in [2.45, 2.75) is 45.8 Å². The lowest BCUT2D eigenvalue weighted by Gasteiger charge is -2.37. The quantitative estimate of drug-likeness (QED) is 0.323. The van der Waals surface area contributed by atoms with Crippen LogP contribution in [0, 0.1) is 5.41 Å². The van der Waals surface area contributed by atoms with Crippen molar-refractivity contribution < 1.29 is 35.5 Å². The van der Waals surface area contributed by atoms with Crippen molar-refractivity contribution in [1.82, 2.24) is 14.1 Å². The van der Waals surface area contributed by atoms with Gasteiger partial charge in [-0.1, -0.05) is 13.0 Å². The summed E-state index contributed by atoms with van der Waals surface area (Å²) < 4.78 is 81.7. The molecular weight excluding hydrogens is 506 g/mol. The molecule has 0 N–H and O–H groups in total. The molecule has 0 spiro atoms. The Hall–Kier alpha value is -3.22. The fourth-order valence-corrected chi connectivity index (χ4v) is 6.72. The Kier molecular flexibility index (Phi) is 6.26. The Labute approximate surface area is 203 Å². The van der Waals surface area contributed by atoms with Gasteiger partial charge in [-0.15, -0.1) is 0 Å². The van der Waals surface area contributed by atoms with Crippen LogP contribution < -0.4 is 10.4 Å². The van der Waals surface area contributed by atoms with Crippen molar-refractivity contribution in [2.75, 3.05) is 11.5 Å². The van der Waals surface area contributed by atoms with Crippen LogP contribution in [-0.2, 0) is 9.84 Å². The number of sulfone groups is 1. The lowest BCUT2D eigenvalue weighted by Crippen LogP contribution is -2.47. The standard InChI is InChI=1S/C23H23F4N3O5S/c1-13(2)29-17-7-14(18(31)9-22(3)11-36(33,34)12-22)10-28-19(17)30(21(29)32)15-5-4-6-16(8-15)35-23(26,27)20(24)25/h4-8,10,13,20H,9,11-12H2,1-3H3. The Morgan fingerprint density at radius 3 is 2.47 bits per heavy atom. The summed E-state index contributed by atoms with van der Waals surface area (Å²) in [5.74, 6) is -1.08. The van der Waals surface area contributed by atoms with Crippen LogP contribution in [0.5, 0.6) is 5.75 Å². The normalized spacial score (nSPS) is 16.9. The maximum absolute atomic E-state index is 13.4. The summed E-state index contributed by atoms with van der Waals surface area (Å²) in [6, 6.07) is 5.83. The summed E-state index contributed by atoms with van der Waals surface area (Å²) in [5, 5.41) is 0. The van der Waals surface area contributed by atoms with Crippen LogP contribution in [0.2, 0.25) is 0 Å². The van der Waals surface area contributed by atoms with Gasteiger partial charge < -0.3 is 4.74 Å². The number of aromatic nitrogens is 3. The third-order valence-corrected chi connectivity index (χ3v) is 8.14. The number of alkyl halides is 4. The number of hydrogen-bond acceptors (Lipinski definition) is 6. The largest absolute Gasteiger partial charge is 0.461 e. The number of ether oxygens (including phenoxy) is 1. The topological polar surface area (TPSA) is 100 Å². The van der Waals surface area contributed by atoms with Crippen molar-refractivity contribution in [3.05, 3.63) is 52.6 Å². The van der Waals surface area contributed by atoms with E-state index >= 15 is 0 Å². The van der Waals surface area contributed by atoms with E-state index in [1.54, 1.807) is 20.8 Å². The van der Waals surface area contributed by atoms with Crippen LogP contribution in [0.1, 0.15) is 43.6 Å². The van der Waals surface area contributed by atoms with Crippen LogP contribution in [0.3, 0.4) is 0 Å². The number of carbonyl (C=O) groups excluding carboxylic acids is 1. The molecule has 1 fully saturated rings. The molecule has 1 aliphatic heterocycles. The van der Waals surface area contributed by atoms with E-state index in [4.69, 9.17) is 0 Å². The highest BCUT2D eigenvalue weighted by Gasteiger charge is 2.46. The summed E-state index contributed by atoms with van der Waals surface area (Å²) in [6.07, 6.45) is -7.53. The molecule has 36 heavy (non-hydrogen) atoms. The third kappa shape index (κ3) is 4.75. The molecule has 1 aliphatic rings. The highest BCUT2D eigenvalue weighted by Crippen LogP contribution is 2.37. The van der Waals surface area contributed by atoms with Gasteiger partial charge >= 0.3 is 18.2 Å². The van der Waals surface area contributed by atoms with Crippen molar-refractivity contribution in [3.8, 4) is 11.4 Å². The molecule has 8 nitrogen and oxygen atoms in total. The van der Waals surface area contributed by atoms with Crippen LogP contribution in [0.15, 0.2) is 41.3 Å². The lowest BCUT2D eigenvalue weighted by atomic mass is 9.86. The Morgan fingerprint density at radius 1 is 1.22 bits per heavy atom. The summed E-state index contributed by atoms with van der Waals surface area (Å²) in [5.41, 5.74) is -0.627. The smallest absolute Gasteiger partial charge is 0.428 e. The number of ketones is 1. The minimum atomic E-state index is -4.72. The molecule has 4 rings (SSSR count). The molecule has 1 aromatic carbocycles. The molecule has 2 aromatic heterocycles. The molecule has 0 aliphatic carbocycles. The fourth-order valence-electron chi connectivity index (χ4n) is 4.48. The van der Waals surface area contributed by atoms with Gasteiger partial charge in [0, 0.05) is 35.7 Å². The summed E-state index contributed by atoms with van der Waals surface area (Å²) in [4.78, 5) is 30.5. The van der Waals surface area contributed by atoms with Crippen molar-refractivity contribution >= 4 is 26.8 Å². The molecule has 3 heterocycles. The van der Waals surface area contributed by atoms with Gasteiger partial charge in [0.2, 0.25) is 0 Å². The molecule has 0 amide bonds. The molecule has 0 unspecified atom stereocenters. The van der Waals surface area contributed by atoms with Gasteiger partial charge in [-0.25, -0.2) is 22.8 Å². The number of pyridine rings is 1. The molecule has 194 valence electrons. The highest BCUT2D eigenvalue weighted by molar-refractivity contribution is 7.92. The van der Waals surface area contributed by atoms with E-state index < -0.39 is 39.2 Å². The van der Waals surface area contributed by atoms with E-state index in [0.29, 0.717) is 0 Å². The SMILES string of the molecule is CC(C)n1c(=O)n(-c2cccc(OC(F)(F)C(F)F)c2)c2ncc(C(=O)CC3(C)CS(=O)(=O)C3)cc21. The number of hydrogen-bond donors (Lipinski definition) is 0. The zero-order valence-electron chi connectivity index (χ0n) is 19.5. The second kappa shape index (κ2) is 8.71. The van der Waals surface area contributed by atoms with E-state index in [1.165, 1.54) is 29.0 Å². The molecular formula is C23H23F4N3O5S. The Bertz CT molecular complexity index is 1500. The number of rotatable bonds is 8. The predicted octanol–water partition coefficient (Wildman–Crippen LogP) is 4.01. The Morgan fingerprint density at radius 2 is 1.89 bits per heavy atom. The van der Waals surface area contributed by atoms with Crippen LogP contribution in [0.4, 0.5) is 17.6 Å². The summed E-state index contributed by atoms with van der Waals surface area (Å²) in [6.45, 7) is 5.16. The monoisotopic (exact) mass is 529 g/mol. The molecule has 0 atom stereocenters. The van der Waals surface area contributed by atoms with Crippen molar-refractivity contribution in [1.29, 1.82) is 0 Å². The van der Waals surface area contributed by atoms with Gasteiger partial charge in [-0.05, 0) is 32.0 Å². The number of fused-ring (bicyclic) bond motifs is 1. The number of benzene rings is 1. The van der Waals surface area contributed by atoms with E-state index in [0.717, 1.165) is 16.7 Å². The predicted molar refractivity (Wildman–Crippen MR) is 123 cm³/mol. The Balaban J connectivity index is 1.76. The maximum Gasteiger partial charge on any atom is 0.461 e. The van der Waals surface area contributed by atoms with Crippen LogP contribution in [0.25, 0.3) is 16.9 Å². The van der Waals surface area contributed by atoms with E-state index in [1.807, 2.05) is 0 Å². The first kappa shape index (κ1) is 25.9. The van der Waals surface area contributed by atoms with Crippen molar-refractivity contribution in [2.24, 2.45) is 5.41 Å². The van der Waals surface area contributed by atoms with Gasteiger partial charge in [-0.2, -0.15) is 17.6 Å². The van der Waals surface area contributed by atoms with E-state index in [-0.39, 0.29) is 52.2 Å². The minimum Gasteiger partial charge on any atom is -0.428 e. The zero-order chi connectivity index (χ0) is 26.6. The van der Waals surface area contributed by atoms with Gasteiger partial charge in [0.1, 0.15) is 5.75 Å². The first-order valence-corrected chi connectivity index (χ1v) is 12.8. The molecule has 13 heteroatoms.